The largest absolute Gasteiger partial charge is 0.374 e. The van der Waals surface area contributed by atoms with Crippen molar-refractivity contribution in [2.75, 3.05) is 52.9 Å². The van der Waals surface area contributed by atoms with Gasteiger partial charge in [0.15, 0.2) is 5.96 Å². The molecule has 1 aliphatic carbocycles. The van der Waals surface area contributed by atoms with Crippen molar-refractivity contribution < 1.29 is 4.74 Å². The fraction of sp³-hybridized carbons (Fsp3) is 0.941. The molecule has 3 rings (SSSR count). The molecule has 0 aromatic heterocycles. The van der Waals surface area contributed by atoms with E-state index < -0.39 is 0 Å². The van der Waals surface area contributed by atoms with Crippen LogP contribution in [-0.2, 0) is 4.74 Å². The number of guanidine groups is 1. The fourth-order valence-electron chi connectivity index (χ4n) is 3.60. The summed E-state index contributed by atoms with van der Waals surface area (Å²) in [5, 5.41) is 7.05. The summed E-state index contributed by atoms with van der Waals surface area (Å²) in [7, 11) is 2.15. The summed E-state index contributed by atoms with van der Waals surface area (Å²) < 4.78 is 5.81. The van der Waals surface area contributed by atoms with Crippen LogP contribution in [0, 0.1) is 5.92 Å². The van der Waals surface area contributed by atoms with Crippen molar-refractivity contribution in [3.63, 3.8) is 0 Å². The molecule has 132 valence electrons. The quantitative estimate of drug-likeness (QED) is 0.565. The van der Waals surface area contributed by atoms with Crippen molar-refractivity contribution >= 4 is 5.96 Å². The summed E-state index contributed by atoms with van der Waals surface area (Å²) >= 11 is 0. The minimum absolute atomic E-state index is 0.216. The van der Waals surface area contributed by atoms with Crippen molar-refractivity contribution in [2.45, 2.75) is 44.9 Å². The molecule has 6 heteroatoms. The lowest BCUT2D eigenvalue weighted by Crippen LogP contribution is -2.47. The molecule has 1 saturated carbocycles. The first-order valence-corrected chi connectivity index (χ1v) is 9.24. The molecule has 3 atom stereocenters. The maximum atomic E-state index is 5.81. The van der Waals surface area contributed by atoms with Gasteiger partial charge in [-0.1, -0.05) is 6.92 Å². The van der Waals surface area contributed by atoms with Crippen LogP contribution < -0.4 is 10.6 Å². The highest BCUT2D eigenvalue weighted by atomic mass is 16.5. The third-order valence-electron chi connectivity index (χ3n) is 5.17. The van der Waals surface area contributed by atoms with Gasteiger partial charge in [-0.2, -0.15) is 0 Å². The van der Waals surface area contributed by atoms with Gasteiger partial charge in [-0.25, -0.2) is 0 Å². The molecule has 3 aliphatic rings. The second-order valence-electron chi connectivity index (χ2n) is 7.39. The summed E-state index contributed by atoms with van der Waals surface area (Å²) in [4.78, 5) is 9.74. The van der Waals surface area contributed by atoms with E-state index in [2.05, 4.69) is 41.3 Å². The molecule has 0 amide bonds. The molecular weight excluding hydrogens is 290 g/mol. The van der Waals surface area contributed by atoms with Crippen molar-refractivity contribution in [1.82, 2.24) is 20.4 Å². The lowest BCUT2D eigenvalue weighted by molar-refractivity contribution is -0.0136. The molecule has 6 nitrogen and oxygen atoms in total. The van der Waals surface area contributed by atoms with E-state index in [0.717, 1.165) is 51.3 Å². The number of likely N-dealkylation sites (tertiary alicyclic amines) is 1. The zero-order valence-electron chi connectivity index (χ0n) is 14.9. The van der Waals surface area contributed by atoms with Crippen molar-refractivity contribution in [1.29, 1.82) is 0 Å². The van der Waals surface area contributed by atoms with E-state index in [4.69, 9.17) is 9.73 Å². The average molecular weight is 323 g/mol. The maximum absolute atomic E-state index is 5.81. The highest BCUT2D eigenvalue weighted by Crippen LogP contribution is 2.31. The monoisotopic (exact) mass is 323 g/mol. The molecule has 23 heavy (non-hydrogen) atoms. The van der Waals surface area contributed by atoms with Crippen molar-refractivity contribution in [3.05, 3.63) is 0 Å². The smallest absolute Gasteiger partial charge is 0.191 e. The van der Waals surface area contributed by atoms with Gasteiger partial charge in [0.2, 0.25) is 0 Å². The van der Waals surface area contributed by atoms with Gasteiger partial charge < -0.3 is 20.3 Å². The second kappa shape index (κ2) is 7.81. The first kappa shape index (κ1) is 17.0. The molecule has 2 saturated heterocycles. The molecule has 2 heterocycles. The SMILES string of the molecule is CCNC(=NCC1CN(C)CCO1)NC1CN(C2CC2)CC1C. The molecule has 3 unspecified atom stereocenters. The Morgan fingerprint density at radius 3 is 2.78 bits per heavy atom. The van der Waals surface area contributed by atoms with Crippen LogP contribution >= 0.6 is 0 Å². The second-order valence-corrected chi connectivity index (χ2v) is 7.39. The highest BCUT2D eigenvalue weighted by molar-refractivity contribution is 5.80. The summed E-state index contributed by atoms with van der Waals surface area (Å²) in [5.41, 5.74) is 0. The Balaban J connectivity index is 1.52. The number of morpholine rings is 1. The van der Waals surface area contributed by atoms with Gasteiger partial charge in [-0.3, -0.25) is 9.89 Å². The molecule has 0 bridgehead atoms. The molecule has 0 spiro atoms. The average Bonchev–Trinajstić information content (AvgIpc) is 3.31. The van der Waals surface area contributed by atoms with Crippen LogP contribution in [0.25, 0.3) is 0 Å². The van der Waals surface area contributed by atoms with E-state index in [-0.39, 0.29) is 6.10 Å². The summed E-state index contributed by atoms with van der Waals surface area (Å²) in [6.07, 6.45) is 2.99. The van der Waals surface area contributed by atoms with Gasteiger partial charge in [0.1, 0.15) is 0 Å². The third-order valence-corrected chi connectivity index (χ3v) is 5.17. The lowest BCUT2D eigenvalue weighted by Gasteiger charge is -2.29. The lowest BCUT2D eigenvalue weighted by atomic mass is 10.1. The van der Waals surface area contributed by atoms with E-state index in [9.17, 15) is 0 Å². The number of aliphatic imine (C=N–C) groups is 1. The van der Waals surface area contributed by atoms with Gasteiger partial charge in [0, 0.05) is 44.8 Å². The highest BCUT2D eigenvalue weighted by Gasteiger charge is 2.38. The number of nitrogens with zero attached hydrogens (tertiary/aromatic N) is 3. The van der Waals surface area contributed by atoms with Crippen molar-refractivity contribution in [2.24, 2.45) is 10.9 Å². The van der Waals surface area contributed by atoms with Gasteiger partial charge in [0.05, 0.1) is 19.3 Å². The first-order valence-electron chi connectivity index (χ1n) is 9.24. The zero-order chi connectivity index (χ0) is 16.2. The van der Waals surface area contributed by atoms with Crippen LogP contribution in [0.1, 0.15) is 26.7 Å². The molecular formula is C17H33N5O. The van der Waals surface area contributed by atoms with Crippen LogP contribution in [-0.4, -0.2) is 86.9 Å². The first-order chi connectivity index (χ1) is 11.2. The minimum atomic E-state index is 0.216. The van der Waals surface area contributed by atoms with E-state index >= 15 is 0 Å². The molecule has 0 radical (unpaired) electrons. The van der Waals surface area contributed by atoms with Gasteiger partial charge >= 0.3 is 0 Å². The van der Waals surface area contributed by atoms with E-state index in [0.29, 0.717) is 12.0 Å². The van der Waals surface area contributed by atoms with Crippen LogP contribution in [0.2, 0.25) is 0 Å². The van der Waals surface area contributed by atoms with Gasteiger partial charge in [0.25, 0.3) is 0 Å². The summed E-state index contributed by atoms with van der Waals surface area (Å²) in [6, 6.07) is 1.36. The zero-order valence-corrected chi connectivity index (χ0v) is 14.9. The number of hydrogen-bond donors (Lipinski definition) is 2. The minimum Gasteiger partial charge on any atom is -0.374 e. The normalized spacial score (nSPS) is 33.9. The Kier molecular flexibility index (Phi) is 5.77. The third kappa shape index (κ3) is 4.81. The van der Waals surface area contributed by atoms with E-state index in [1.54, 1.807) is 0 Å². The van der Waals surface area contributed by atoms with Crippen LogP contribution in [0.3, 0.4) is 0 Å². The number of ether oxygens (including phenoxy) is 1. The molecule has 0 aromatic carbocycles. The van der Waals surface area contributed by atoms with Gasteiger partial charge in [-0.15, -0.1) is 0 Å². The number of rotatable bonds is 5. The maximum Gasteiger partial charge on any atom is 0.191 e. The topological polar surface area (TPSA) is 52.1 Å². The van der Waals surface area contributed by atoms with E-state index in [1.165, 1.54) is 19.4 Å². The van der Waals surface area contributed by atoms with Crippen LogP contribution in [0.4, 0.5) is 0 Å². The Morgan fingerprint density at radius 2 is 2.09 bits per heavy atom. The predicted molar refractivity (Wildman–Crippen MR) is 93.9 cm³/mol. The summed E-state index contributed by atoms with van der Waals surface area (Å²) in [5.74, 6) is 1.62. The van der Waals surface area contributed by atoms with Crippen LogP contribution in [0.5, 0.6) is 0 Å². The van der Waals surface area contributed by atoms with Gasteiger partial charge in [-0.05, 0) is 32.7 Å². The number of hydrogen-bond acceptors (Lipinski definition) is 4. The Bertz CT molecular complexity index is 412. The number of nitrogens with one attached hydrogen (secondary N) is 2. The predicted octanol–water partition coefficient (Wildman–Crippen LogP) is 0.355. The summed E-state index contributed by atoms with van der Waals surface area (Å²) in [6.45, 7) is 11.3. The van der Waals surface area contributed by atoms with E-state index in [1.807, 2.05) is 0 Å². The Morgan fingerprint density at radius 1 is 1.26 bits per heavy atom. The van der Waals surface area contributed by atoms with Crippen molar-refractivity contribution in [3.8, 4) is 0 Å². The number of likely N-dealkylation sites (N-methyl/N-ethyl adjacent to an activating group) is 1. The molecule has 0 aromatic rings. The standard InChI is InChI=1S/C17H33N5O/c1-4-18-17(19-9-15-11-21(3)7-8-23-15)20-16-12-22(10-13(16)2)14-5-6-14/h13-16H,4-12H2,1-3H3,(H2,18,19,20). The Labute approximate surface area is 140 Å². The fourth-order valence-corrected chi connectivity index (χ4v) is 3.60. The van der Waals surface area contributed by atoms with Crippen LogP contribution in [0.15, 0.2) is 4.99 Å². The molecule has 2 aliphatic heterocycles. The Hall–Kier alpha value is -0.850. The molecule has 3 fully saturated rings. The molecule has 2 N–H and O–H groups in total.